The minimum atomic E-state index is 0.741. The van der Waals surface area contributed by atoms with Gasteiger partial charge in [-0.25, -0.2) is 0 Å². The summed E-state index contributed by atoms with van der Waals surface area (Å²) in [5.41, 5.74) is 2.47. The first-order valence-electron chi connectivity index (χ1n) is 8.48. The molecule has 0 heterocycles. The zero-order valence-corrected chi connectivity index (χ0v) is 12.5. The number of hydrogen-bond donors (Lipinski definition) is 1. The molecule has 0 saturated heterocycles. The fraction of sp³-hybridized carbons (Fsp3) is 1.00. The van der Waals surface area contributed by atoms with Crippen molar-refractivity contribution >= 4 is 0 Å². The van der Waals surface area contributed by atoms with Gasteiger partial charge in [0.05, 0.1) is 0 Å². The van der Waals surface area contributed by atoms with Crippen molar-refractivity contribution in [2.24, 2.45) is 11.2 Å². The van der Waals surface area contributed by atoms with E-state index in [1.165, 1.54) is 83.5 Å². The highest BCUT2D eigenvalue weighted by atomic mass is 16.3. The lowest BCUT2D eigenvalue weighted by Crippen LogP contribution is -2.05. The maximum Gasteiger partial charge on any atom is 0.0496 e. The second-order valence-corrected chi connectivity index (χ2v) is 6.12. The summed E-state index contributed by atoms with van der Waals surface area (Å²) in [4.78, 5) is 9.79. The van der Waals surface area contributed by atoms with Crippen molar-refractivity contribution < 1.29 is 0 Å². The van der Waals surface area contributed by atoms with Crippen molar-refractivity contribution in [3.63, 3.8) is 0 Å². The van der Waals surface area contributed by atoms with E-state index in [4.69, 9.17) is 0 Å². The molecule has 0 amide bonds. The molecule has 3 nitrogen and oxygen atoms in total. The Bertz CT molecular complexity index is 203. The van der Waals surface area contributed by atoms with Crippen LogP contribution in [-0.4, -0.2) is 6.54 Å². The third-order valence-electron chi connectivity index (χ3n) is 4.44. The highest BCUT2D eigenvalue weighted by molar-refractivity contribution is 4.65. The molecule has 1 aliphatic rings. The number of nitroso groups, excluding NO2 is 1. The van der Waals surface area contributed by atoms with Crippen LogP contribution in [0.1, 0.15) is 89.9 Å². The normalized spacial score (nSPS) is 16.4. The van der Waals surface area contributed by atoms with Crippen LogP contribution in [0.2, 0.25) is 0 Å². The first-order chi connectivity index (χ1) is 9.43. The minimum absolute atomic E-state index is 0.741. The summed E-state index contributed by atoms with van der Waals surface area (Å²) in [6, 6.07) is 0. The fourth-order valence-electron chi connectivity index (χ4n) is 3.22. The summed E-state index contributed by atoms with van der Waals surface area (Å²) < 4.78 is 0. The van der Waals surface area contributed by atoms with E-state index >= 15 is 0 Å². The molecule has 0 bridgehead atoms. The van der Waals surface area contributed by atoms with Gasteiger partial charge in [0.1, 0.15) is 0 Å². The molecule has 0 unspecified atom stereocenters. The van der Waals surface area contributed by atoms with Crippen LogP contribution in [0, 0.1) is 10.8 Å². The van der Waals surface area contributed by atoms with E-state index in [1.54, 1.807) is 0 Å². The number of hydrogen-bond acceptors (Lipinski definition) is 2. The van der Waals surface area contributed by atoms with Crippen LogP contribution in [0.3, 0.4) is 0 Å². The van der Waals surface area contributed by atoms with E-state index in [1.807, 2.05) is 0 Å². The zero-order chi connectivity index (χ0) is 13.6. The Labute approximate surface area is 118 Å². The Balaban J connectivity index is 1.72. The van der Waals surface area contributed by atoms with Crippen LogP contribution in [0.25, 0.3) is 0 Å². The zero-order valence-electron chi connectivity index (χ0n) is 12.5. The maximum absolute atomic E-state index is 9.79. The molecule has 0 spiro atoms. The Hall–Kier alpha value is -0.600. The van der Waals surface area contributed by atoms with Crippen LogP contribution >= 0.6 is 0 Å². The van der Waals surface area contributed by atoms with E-state index < -0.39 is 0 Å². The van der Waals surface area contributed by atoms with Gasteiger partial charge in [0, 0.05) is 11.8 Å². The second kappa shape index (κ2) is 12.4. The molecule has 0 aromatic carbocycles. The summed E-state index contributed by atoms with van der Waals surface area (Å²) in [5, 5.41) is 2.64. The Morgan fingerprint density at radius 1 is 0.789 bits per heavy atom. The van der Waals surface area contributed by atoms with Crippen LogP contribution in [0.4, 0.5) is 0 Å². The SMILES string of the molecule is O=NNCCCCCCCCCCC1CCCCC1. The van der Waals surface area contributed by atoms with Crippen molar-refractivity contribution in [3.05, 3.63) is 4.91 Å². The highest BCUT2D eigenvalue weighted by Gasteiger charge is 2.12. The molecule has 1 saturated carbocycles. The number of unbranched alkanes of at least 4 members (excludes halogenated alkanes) is 7. The van der Waals surface area contributed by atoms with E-state index in [0.717, 1.165) is 18.9 Å². The minimum Gasteiger partial charge on any atom is -0.274 e. The second-order valence-electron chi connectivity index (χ2n) is 6.12. The molecule has 1 aliphatic carbocycles. The van der Waals surface area contributed by atoms with Gasteiger partial charge in [0.15, 0.2) is 0 Å². The van der Waals surface area contributed by atoms with Gasteiger partial charge in [-0.1, -0.05) is 83.5 Å². The van der Waals surface area contributed by atoms with Gasteiger partial charge in [-0.3, -0.25) is 5.43 Å². The topological polar surface area (TPSA) is 41.5 Å². The van der Waals surface area contributed by atoms with Crippen molar-refractivity contribution in [2.45, 2.75) is 89.9 Å². The molecular formula is C16H32N2O. The molecule has 0 aliphatic heterocycles. The van der Waals surface area contributed by atoms with E-state index in [9.17, 15) is 4.91 Å². The smallest absolute Gasteiger partial charge is 0.0496 e. The monoisotopic (exact) mass is 268 g/mol. The standard InChI is InChI=1S/C16H32N2O/c19-18-17-15-11-6-4-2-1-3-5-8-12-16-13-9-7-10-14-16/h16H,1-15H2,(H,17,19). The fourth-order valence-corrected chi connectivity index (χ4v) is 3.22. The number of rotatable bonds is 12. The molecule has 3 heteroatoms. The van der Waals surface area contributed by atoms with Crippen LogP contribution in [0.5, 0.6) is 0 Å². The maximum atomic E-state index is 9.79. The average Bonchev–Trinajstić information content (AvgIpc) is 2.46. The predicted molar refractivity (Wildman–Crippen MR) is 81.9 cm³/mol. The first kappa shape index (κ1) is 16.5. The molecule has 1 N–H and O–H groups in total. The van der Waals surface area contributed by atoms with E-state index in [-0.39, 0.29) is 0 Å². The van der Waals surface area contributed by atoms with Crippen molar-refractivity contribution in [1.82, 2.24) is 5.43 Å². The Morgan fingerprint density at radius 2 is 1.37 bits per heavy atom. The lowest BCUT2D eigenvalue weighted by atomic mass is 9.85. The number of nitrogens with one attached hydrogen (secondary N) is 1. The van der Waals surface area contributed by atoms with Crippen LogP contribution in [-0.2, 0) is 0 Å². The van der Waals surface area contributed by atoms with Crippen molar-refractivity contribution in [3.8, 4) is 0 Å². The van der Waals surface area contributed by atoms with Gasteiger partial charge in [0.2, 0.25) is 0 Å². The summed E-state index contributed by atoms with van der Waals surface area (Å²) in [7, 11) is 0. The Kier molecular flexibility index (Phi) is 10.8. The summed E-state index contributed by atoms with van der Waals surface area (Å²) >= 11 is 0. The molecular weight excluding hydrogens is 236 g/mol. The van der Waals surface area contributed by atoms with Gasteiger partial charge in [-0.2, -0.15) is 0 Å². The van der Waals surface area contributed by atoms with E-state index in [0.29, 0.717) is 0 Å². The molecule has 1 rings (SSSR count). The number of nitrogens with zero attached hydrogens (tertiary/aromatic N) is 1. The molecule has 0 atom stereocenters. The molecule has 0 aromatic heterocycles. The van der Waals surface area contributed by atoms with Crippen molar-refractivity contribution in [1.29, 1.82) is 0 Å². The van der Waals surface area contributed by atoms with Gasteiger partial charge in [0.25, 0.3) is 0 Å². The van der Waals surface area contributed by atoms with Crippen LogP contribution in [0.15, 0.2) is 5.29 Å². The summed E-state index contributed by atoms with van der Waals surface area (Å²) in [6.45, 7) is 0.741. The lowest BCUT2D eigenvalue weighted by Gasteiger charge is -2.21. The van der Waals surface area contributed by atoms with Gasteiger partial charge in [-0.05, 0) is 12.3 Å². The lowest BCUT2D eigenvalue weighted by molar-refractivity contribution is 0.328. The first-order valence-corrected chi connectivity index (χ1v) is 8.48. The quantitative estimate of drug-likeness (QED) is 0.294. The molecule has 0 radical (unpaired) electrons. The third kappa shape index (κ3) is 9.92. The van der Waals surface area contributed by atoms with Crippen LogP contribution < -0.4 is 5.43 Å². The summed E-state index contributed by atoms with van der Waals surface area (Å²) in [6.07, 6.45) is 19.6. The molecule has 112 valence electrons. The van der Waals surface area contributed by atoms with Crippen molar-refractivity contribution in [2.75, 3.05) is 6.54 Å². The van der Waals surface area contributed by atoms with E-state index in [2.05, 4.69) is 10.7 Å². The Morgan fingerprint density at radius 3 is 2.00 bits per heavy atom. The molecule has 19 heavy (non-hydrogen) atoms. The van der Waals surface area contributed by atoms with Gasteiger partial charge >= 0.3 is 0 Å². The average molecular weight is 268 g/mol. The largest absolute Gasteiger partial charge is 0.274 e. The summed E-state index contributed by atoms with van der Waals surface area (Å²) in [5.74, 6) is 1.06. The third-order valence-corrected chi connectivity index (χ3v) is 4.44. The predicted octanol–water partition coefficient (Wildman–Crippen LogP) is 5.35. The van der Waals surface area contributed by atoms with Gasteiger partial charge in [-0.15, -0.1) is 4.91 Å². The van der Waals surface area contributed by atoms with Gasteiger partial charge < -0.3 is 0 Å². The highest BCUT2D eigenvalue weighted by Crippen LogP contribution is 2.28. The molecule has 1 fully saturated rings. The molecule has 0 aromatic rings.